The van der Waals surface area contributed by atoms with Gasteiger partial charge in [0.15, 0.2) is 0 Å². The number of hydrazine groups is 1. The van der Waals surface area contributed by atoms with Crippen LogP contribution in [0.3, 0.4) is 0 Å². The van der Waals surface area contributed by atoms with Gasteiger partial charge in [-0.1, -0.05) is 6.92 Å². The second-order valence-electron chi connectivity index (χ2n) is 4.46. The van der Waals surface area contributed by atoms with Gasteiger partial charge in [-0.25, -0.2) is 0 Å². The quantitative estimate of drug-likeness (QED) is 0.415. The summed E-state index contributed by atoms with van der Waals surface area (Å²) in [6.45, 7) is 9.76. The Hall–Kier alpha value is -1.04. The summed E-state index contributed by atoms with van der Waals surface area (Å²) in [4.78, 5) is 0.119. The maximum Gasteiger partial charge on any atom is 0.0892 e. The van der Waals surface area contributed by atoms with Crippen molar-refractivity contribution in [3.05, 3.63) is 10.4 Å². The van der Waals surface area contributed by atoms with E-state index in [1.54, 1.807) is 0 Å². The van der Waals surface area contributed by atoms with Crippen LogP contribution in [0.5, 0.6) is 0 Å². The highest BCUT2D eigenvalue weighted by atomic mass is 16.6. The predicted octanol–water partition coefficient (Wildman–Crippen LogP) is 1.46. The summed E-state index contributed by atoms with van der Waals surface area (Å²) in [6.07, 6.45) is 0.809. The lowest BCUT2D eigenvalue weighted by Crippen LogP contribution is -2.43. The maximum atomic E-state index is 11.0. The van der Waals surface area contributed by atoms with Crippen molar-refractivity contribution < 1.29 is 4.97 Å². The van der Waals surface area contributed by atoms with Crippen LogP contribution in [-0.4, -0.2) is 35.2 Å². The molecule has 0 heterocycles. The van der Waals surface area contributed by atoms with Gasteiger partial charge in [0.2, 0.25) is 0 Å². The van der Waals surface area contributed by atoms with Gasteiger partial charge in [0.1, 0.15) is 0 Å². The summed E-state index contributed by atoms with van der Waals surface area (Å²) in [5.41, 5.74) is 0.0141. The lowest BCUT2D eigenvalue weighted by atomic mass is 10.1. The molecule has 0 aromatic heterocycles. The average molecular weight is 217 g/mol. The first-order valence-corrected chi connectivity index (χ1v) is 5.21. The van der Waals surface area contributed by atoms with Crippen molar-refractivity contribution in [3.8, 4) is 0 Å². The zero-order valence-electron chi connectivity index (χ0n) is 9.99. The third kappa shape index (κ3) is 6.96. The van der Waals surface area contributed by atoms with Crippen molar-refractivity contribution in [1.29, 1.82) is 0 Å². The zero-order chi connectivity index (χ0) is 11.9. The van der Waals surface area contributed by atoms with Crippen LogP contribution < -0.4 is 5.32 Å². The fraction of sp³-hybridized carbons (Fsp3) is 1.00. The first-order valence-electron chi connectivity index (χ1n) is 5.21. The third-order valence-electron chi connectivity index (χ3n) is 1.82. The van der Waals surface area contributed by atoms with Crippen molar-refractivity contribution >= 4 is 0 Å². The van der Waals surface area contributed by atoms with E-state index >= 15 is 0 Å². The molecule has 0 unspecified atom stereocenters. The Balaban J connectivity index is 3.97. The Kier molecular flexibility index (Phi) is 6.00. The summed E-state index contributed by atoms with van der Waals surface area (Å²) in [7, 11) is 0. The van der Waals surface area contributed by atoms with Crippen molar-refractivity contribution in [1.82, 2.24) is 10.3 Å². The van der Waals surface area contributed by atoms with E-state index in [-0.39, 0.29) is 10.5 Å². The van der Waals surface area contributed by atoms with Crippen molar-refractivity contribution in [2.75, 3.05) is 19.6 Å². The van der Waals surface area contributed by atoms with Crippen LogP contribution in [0.15, 0.2) is 5.28 Å². The lowest BCUT2D eigenvalue weighted by molar-refractivity contribution is -0.690. The second kappa shape index (κ2) is 6.44. The lowest BCUT2D eigenvalue weighted by Gasteiger charge is -2.23. The van der Waals surface area contributed by atoms with E-state index < -0.39 is 0 Å². The Morgan fingerprint density at radius 2 is 1.93 bits per heavy atom. The molecule has 0 aromatic carbocycles. The molecule has 0 saturated carbocycles. The van der Waals surface area contributed by atoms with Gasteiger partial charge in [-0.05, 0) is 32.5 Å². The van der Waals surface area contributed by atoms with Crippen LogP contribution >= 0.6 is 0 Å². The van der Waals surface area contributed by atoms with Gasteiger partial charge in [0.05, 0.1) is 13.1 Å². The van der Waals surface area contributed by atoms with E-state index in [9.17, 15) is 10.4 Å². The minimum absolute atomic E-state index is 0.0141. The molecule has 0 aliphatic heterocycles. The number of hydrogen-bond acceptors (Lipinski definition) is 4. The molecule has 0 fully saturated rings. The minimum atomic E-state index is 0.0141. The molecule has 0 radical (unpaired) electrons. The molecule has 0 rings (SSSR count). The van der Waals surface area contributed by atoms with E-state index in [1.165, 1.54) is 5.01 Å². The fourth-order valence-electron chi connectivity index (χ4n) is 1.15. The largest absolute Gasteiger partial charge is 0.737 e. The van der Waals surface area contributed by atoms with E-state index in [1.807, 2.05) is 27.7 Å². The molecule has 0 amide bonds. The van der Waals surface area contributed by atoms with Crippen LogP contribution in [0.1, 0.15) is 34.1 Å². The third-order valence-corrected chi connectivity index (χ3v) is 1.82. The molecule has 0 spiro atoms. The van der Waals surface area contributed by atoms with Gasteiger partial charge in [0.25, 0.3) is 0 Å². The Bertz CT molecular complexity index is 201. The molecule has 6 nitrogen and oxygen atoms in total. The van der Waals surface area contributed by atoms with E-state index in [4.69, 9.17) is 0 Å². The summed E-state index contributed by atoms with van der Waals surface area (Å²) >= 11 is 0. The van der Waals surface area contributed by atoms with Crippen LogP contribution in [-0.2, 0) is 0 Å². The Morgan fingerprint density at radius 1 is 1.33 bits per heavy atom. The van der Waals surface area contributed by atoms with Crippen LogP contribution in [0.4, 0.5) is 0 Å². The van der Waals surface area contributed by atoms with Gasteiger partial charge >= 0.3 is 0 Å². The average Bonchev–Trinajstić information content (AvgIpc) is 2.13. The first-order chi connectivity index (χ1) is 6.90. The predicted molar refractivity (Wildman–Crippen MR) is 59.0 cm³/mol. The summed E-state index contributed by atoms with van der Waals surface area (Å²) in [6, 6.07) is 0. The fourth-order valence-corrected chi connectivity index (χ4v) is 1.15. The number of rotatable bonds is 6. The molecular weight excluding hydrogens is 196 g/mol. The molecule has 0 aromatic rings. The van der Waals surface area contributed by atoms with Crippen molar-refractivity contribution in [2.45, 2.75) is 39.7 Å². The molecular formula is C9H21N4O2-. The SMILES string of the molecule is CCCN(CCNC(C)(C)C)/[N+]([O-])=N/[O-]. The van der Waals surface area contributed by atoms with E-state index in [0.29, 0.717) is 19.6 Å². The monoisotopic (exact) mass is 217 g/mol. The summed E-state index contributed by atoms with van der Waals surface area (Å²) in [5, 5.41) is 28.0. The van der Waals surface area contributed by atoms with Crippen LogP contribution in [0, 0.1) is 10.4 Å². The van der Waals surface area contributed by atoms with Crippen LogP contribution in [0.2, 0.25) is 0 Å². The topological polar surface area (TPSA) is 76.8 Å². The molecule has 90 valence electrons. The highest BCUT2D eigenvalue weighted by molar-refractivity contribution is 4.70. The standard InChI is InChI=1S/C9H22N4O2/c1-5-7-12(13(15)11-14)8-6-10-9(2,3)4/h10,14H,5-8H2,1-4H3/p-1/b13-11-. The molecule has 15 heavy (non-hydrogen) atoms. The summed E-state index contributed by atoms with van der Waals surface area (Å²) in [5.74, 6) is 0. The number of nitrogens with zero attached hydrogens (tertiary/aromatic N) is 3. The Morgan fingerprint density at radius 3 is 2.33 bits per heavy atom. The first kappa shape index (κ1) is 14.0. The molecule has 1 N–H and O–H groups in total. The molecule has 0 aliphatic rings. The zero-order valence-corrected chi connectivity index (χ0v) is 9.99. The molecule has 6 heteroatoms. The molecule has 0 aliphatic carbocycles. The van der Waals surface area contributed by atoms with Gasteiger partial charge in [0, 0.05) is 17.1 Å². The summed E-state index contributed by atoms with van der Waals surface area (Å²) < 4.78 is 0. The Labute approximate surface area is 91.1 Å². The van der Waals surface area contributed by atoms with E-state index in [0.717, 1.165) is 6.42 Å². The molecule has 0 saturated heterocycles. The van der Waals surface area contributed by atoms with Gasteiger partial charge in [-0.3, -0.25) is 0 Å². The maximum absolute atomic E-state index is 11.0. The van der Waals surface area contributed by atoms with Crippen LogP contribution in [0.25, 0.3) is 0 Å². The highest BCUT2D eigenvalue weighted by Gasteiger charge is 2.12. The van der Waals surface area contributed by atoms with Gasteiger partial charge in [-0.15, -0.1) is 5.01 Å². The van der Waals surface area contributed by atoms with Crippen molar-refractivity contribution in [3.63, 3.8) is 0 Å². The second-order valence-corrected chi connectivity index (χ2v) is 4.46. The number of nitrogens with one attached hydrogen (secondary N) is 1. The van der Waals surface area contributed by atoms with Gasteiger partial charge < -0.3 is 15.7 Å². The smallest absolute Gasteiger partial charge is 0.0892 e. The van der Waals surface area contributed by atoms with E-state index in [2.05, 4.69) is 10.6 Å². The van der Waals surface area contributed by atoms with Gasteiger partial charge in [-0.2, -0.15) is 0 Å². The molecule has 0 bridgehead atoms. The minimum Gasteiger partial charge on any atom is -0.737 e. The highest BCUT2D eigenvalue weighted by Crippen LogP contribution is 1.98. The van der Waals surface area contributed by atoms with Crippen molar-refractivity contribution in [2.24, 2.45) is 5.28 Å². The molecule has 0 atom stereocenters. The normalized spacial score (nSPS) is 12.9. The number of hydrogen-bond donors (Lipinski definition) is 1.